The first-order valence-electron chi connectivity index (χ1n) is 5.03. The van der Waals surface area contributed by atoms with Crippen LogP contribution in [0.25, 0.3) is 11.1 Å². The molecule has 1 aromatic heterocycles. The molecule has 0 unspecified atom stereocenters. The number of aromatic nitrogens is 1. The molecule has 84 valence electrons. The Morgan fingerprint density at radius 1 is 1.06 bits per heavy atom. The fourth-order valence-electron chi connectivity index (χ4n) is 1.70. The molecule has 4 heteroatoms. The van der Waals surface area contributed by atoms with Crippen LogP contribution in [0.3, 0.4) is 0 Å². The number of phenolic OH excluding ortho intramolecular Hbond substituents is 1. The van der Waals surface area contributed by atoms with Gasteiger partial charge in [0.25, 0.3) is 0 Å². The van der Waals surface area contributed by atoms with Crippen molar-refractivity contribution in [1.82, 2.24) is 4.98 Å². The summed E-state index contributed by atoms with van der Waals surface area (Å²) in [6, 6.07) is 0. The second kappa shape index (κ2) is 3.33. The lowest BCUT2D eigenvalue weighted by molar-refractivity contribution is 0.470. The maximum atomic E-state index is 11.4. The van der Waals surface area contributed by atoms with Crippen LogP contribution in [0.1, 0.15) is 22.4 Å². The molecule has 4 nitrogen and oxygen atoms in total. The SMILES string of the molecule is Cc1c(C)c(C)c2oc(=O)c(C)nc2c1O. The van der Waals surface area contributed by atoms with E-state index in [-0.39, 0.29) is 11.4 Å². The number of aromatic hydroxyl groups is 1. The van der Waals surface area contributed by atoms with E-state index in [4.69, 9.17) is 4.42 Å². The van der Waals surface area contributed by atoms with E-state index in [0.717, 1.165) is 16.7 Å². The Balaban J connectivity index is 3.09. The third-order valence-corrected chi connectivity index (χ3v) is 3.03. The first kappa shape index (κ1) is 10.7. The normalized spacial score (nSPS) is 11.0. The average Bonchev–Trinajstić information content (AvgIpc) is 2.26. The topological polar surface area (TPSA) is 63.3 Å². The van der Waals surface area contributed by atoms with Crippen LogP contribution < -0.4 is 5.63 Å². The highest BCUT2D eigenvalue weighted by Crippen LogP contribution is 2.32. The first-order valence-corrected chi connectivity index (χ1v) is 5.03. The highest BCUT2D eigenvalue weighted by molar-refractivity contribution is 5.85. The summed E-state index contributed by atoms with van der Waals surface area (Å²) in [7, 11) is 0. The molecular formula is C12H13NO3. The molecule has 16 heavy (non-hydrogen) atoms. The molecule has 2 aromatic rings. The van der Waals surface area contributed by atoms with Crippen LogP contribution in [-0.2, 0) is 0 Å². The van der Waals surface area contributed by atoms with Gasteiger partial charge in [0.2, 0.25) is 0 Å². The summed E-state index contributed by atoms with van der Waals surface area (Å²) in [5, 5.41) is 9.95. The molecule has 2 rings (SSSR count). The van der Waals surface area contributed by atoms with Crippen molar-refractivity contribution in [3.63, 3.8) is 0 Å². The lowest BCUT2D eigenvalue weighted by Crippen LogP contribution is -2.07. The number of nitrogens with zero attached hydrogens (tertiary/aromatic N) is 1. The zero-order valence-electron chi connectivity index (χ0n) is 9.71. The molecule has 1 heterocycles. The van der Waals surface area contributed by atoms with E-state index >= 15 is 0 Å². The highest BCUT2D eigenvalue weighted by Gasteiger charge is 2.15. The Morgan fingerprint density at radius 3 is 2.31 bits per heavy atom. The number of rotatable bonds is 0. The van der Waals surface area contributed by atoms with Crippen molar-refractivity contribution in [2.24, 2.45) is 0 Å². The van der Waals surface area contributed by atoms with Gasteiger partial charge in [0, 0.05) is 0 Å². The summed E-state index contributed by atoms with van der Waals surface area (Å²) in [5.41, 5.74) is 3.05. The molecule has 0 aliphatic carbocycles. The van der Waals surface area contributed by atoms with Crippen molar-refractivity contribution in [3.05, 3.63) is 32.8 Å². The van der Waals surface area contributed by atoms with Crippen molar-refractivity contribution in [2.45, 2.75) is 27.7 Å². The minimum atomic E-state index is -0.460. The number of benzene rings is 1. The maximum absolute atomic E-state index is 11.4. The fourth-order valence-corrected chi connectivity index (χ4v) is 1.70. The van der Waals surface area contributed by atoms with E-state index in [1.807, 2.05) is 20.8 Å². The van der Waals surface area contributed by atoms with Gasteiger partial charge in [-0.3, -0.25) is 0 Å². The molecule has 0 aliphatic heterocycles. The predicted octanol–water partition coefficient (Wildman–Crippen LogP) is 2.13. The molecule has 0 bridgehead atoms. The van der Waals surface area contributed by atoms with Crippen LogP contribution in [0.2, 0.25) is 0 Å². The molecule has 0 spiro atoms. The van der Waals surface area contributed by atoms with Crippen LogP contribution in [0.4, 0.5) is 0 Å². The second-order valence-electron chi connectivity index (χ2n) is 3.99. The number of hydrogen-bond donors (Lipinski definition) is 1. The molecule has 0 saturated heterocycles. The monoisotopic (exact) mass is 219 g/mol. The van der Waals surface area contributed by atoms with Gasteiger partial charge in [0.05, 0.1) is 0 Å². The molecule has 0 amide bonds. The molecule has 0 fully saturated rings. The molecule has 0 aliphatic rings. The summed E-state index contributed by atoms with van der Waals surface area (Å²) < 4.78 is 5.16. The van der Waals surface area contributed by atoms with Gasteiger partial charge in [0.1, 0.15) is 17.0 Å². The van der Waals surface area contributed by atoms with Crippen molar-refractivity contribution in [2.75, 3.05) is 0 Å². The number of aryl methyl sites for hydroxylation is 2. The number of hydrogen-bond acceptors (Lipinski definition) is 4. The fraction of sp³-hybridized carbons (Fsp3) is 0.333. The van der Waals surface area contributed by atoms with E-state index in [0.29, 0.717) is 11.1 Å². The molecule has 0 saturated carbocycles. The lowest BCUT2D eigenvalue weighted by atomic mass is 10.0. The van der Waals surface area contributed by atoms with E-state index < -0.39 is 5.63 Å². The van der Waals surface area contributed by atoms with Gasteiger partial charge < -0.3 is 9.52 Å². The molecule has 0 atom stereocenters. The first-order chi connectivity index (χ1) is 7.43. The smallest absolute Gasteiger partial charge is 0.357 e. The zero-order chi connectivity index (χ0) is 12.0. The summed E-state index contributed by atoms with van der Waals surface area (Å²) in [6.07, 6.45) is 0. The highest BCUT2D eigenvalue weighted by atomic mass is 16.4. The van der Waals surface area contributed by atoms with E-state index in [1.165, 1.54) is 0 Å². The minimum absolute atomic E-state index is 0.0879. The Morgan fingerprint density at radius 2 is 1.69 bits per heavy atom. The van der Waals surface area contributed by atoms with Crippen LogP contribution in [0.15, 0.2) is 9.21 Å². The Labute approximate surface area is 92.6 Å². The standard InChI is InChI=1S/C12H13NO3/c1-5-6(2)10(14)9-11(7(5)3)16-12(15)8(4)13-9/h14H,1-4H3. The maximum Gasteiger partial charge on any atom is 0.357 e. The largest absolute Gasteiger partial charge is 0.505 e. The zero-order valence-corrected chi connectivity index (χ0v) is 9.71. The van der Waals surface area contributed by atoms with Crippen molar-refractivity contribution >= 4 is 11.1 Å². The molecular weight excluding hydrogens is 206 g/mol. The van der Waals surface area contributed by atoms with Gasteiger partial charge in [0.15, 0.2) is 5.58 Å². The van der Waals surface area contributed by atoms with E-state index in [9.17, 15) is 9.90 Å². The third-order valence-electron chi connectivity index (χ3n) is 3.03. The van der Waals surface area contributed by atoms with Gasteiger partial charge in [-0.1, -0.05) is 0 Å². The summed E-state index contributed by atoms with van der Waals surface area (Å²) in [6.45, 7) is 7.11. The third kappa shape index (κ3) is 1.30. The van der Waals surface area contributed by atoms with E-state index in [2.05, 4.69) is 4.98 Å². The van der Waals surface area contributed by atoms with Crippen LogP contribution in [0, 0.1) is 27.7 Å². The van der Waals surface area contributed by atoms with Gasteiger partial charge in [-0.05, 0) is 44.4 Å². The molecule has 1 N–H and O–H groups in total. The van der Waals surface area contributed by atoms with Gasteiger partial charge in [-0.15, -0.1) is 0 Å². The lowest BCUT2D eigenvalue weighted by Gasteiger charge is -2.10. The summed E-state index contributed by atoms with van der Waals surface area (Å²) in [4.78, 5) is 15.5. The van der Waals surface area contributed by atoms with Gasteiger partial charge >= 0.3 is 5.63 Å². The summed E-state index contributed by atoms with van der Waals surface area (Å²) >= 11 is 0. The van der Waals surface area contributed by atoms with Crippen molar-refractivity contribution in [3.8, 4) is 5.75 Å². The minimum Gasteiger partial charge on any atom is -0.505 e. The Kier molecular flexibility index (Phi) is 2.22. The van der Waals surface area contributed by atoms with Gasteiger partial charge in [-0.25, -0.2) is 9.78 Å². The van der Waals surface area contributed by atoms with Crippen LogP contribution >= 0.6 is 0 Å². The predicted molar refractivity (Wildman–Crippen MR) is 60.9 cm³/mol. The van der Waals surface area contributed by atoms with Crippen molar-refractivity contribution in [1.29, 1.82) is 0 Å². The number of phenols is 1. The Hall–Kier alpha value is -1.84. The molecule has 0 radical (unpaired) electrons. The average molecular weight is 219 g/mol. The van der Waals surface area contributed by atoms with Crippen LogP contribution in [0.5, 0.6) is 5.75 Å². The van der Waals surface area contributed by atoms with Crippen LogP contribution in [-0.4, -0.2) is 10.1 Å². The second-order valence-corrected chi connectivity index (χ2v) is 3.99. The summed E-state index contributed by atoms with van der Waals surface area (Å²) in [5.74, 6) is 0.0879. The Bertz CT molecular complexity index is 641. The molecule has 1 aromatic carbocycles. The van der Waals surface area contributed by atoms with E-state index in [1.54, 1.807) is 6.92 Å². The quantitative estimate of drug-likeness (QED) is 0.737. The van der Waals surface area contributed by atoms with Gasteiger partial charge in [-0.2, -0.15) is 0 Å². The number of fused-ring (bicyclic) bond motifs is 1. The van der Waals surface area contributed by atoms with Crippen molar-refractivity contribution < 1.29 is 9.52 Å².